The van der Waals surface area contributed by atoms with Gasteiger partial charge in [0.15, 0.2) is 0 Å². The molecule has 1 fully saturated rings. The molecule has 1 aliphatic rings. The highest BCUT2D eigenvalue weighted by Crippen LogP contribution is 2.19. The Balaban J connectivity index is 2.53. The Labute approximate surface area is 120 Å². The smallest absolute Gasteiger partial charge is 0.317 e. The maximum absolute atomic E-state index is 12.2. The quantitative estimate of drug-likeness (QED) is 0.779. The number of likely N-dealkylation sites (tertiary alicyclic amines) is 1. The zero-order valence-corrected chi connectivity index (χ0v) is 12.6. The highest BCUT2D eigenvalue weighted by atomic mass is 16.5. The summed E-state index contributed by atoms with van der Waals surface area (Å²) in [5, 5.41) is 11.7. The fraction of sp³-hybridized carbons (Fsp3) is 0.857. The maximum atomic E-state index is 12.2. The molecular formula is C14H26N2O4. The molecule has 0 aromatic rings. The van der Waals surface area contributed by atoms with Gasteiger partial charge in [0.25, 0.3) is 0 Å². The van der Waals surface area contributed by atoms with Gasteiger partial charge in [-0.05, 0) is 18.8 Å². The molecule has 1 heterocycles. The van der Waals surface area contributed by atoms with Crippen LogP contribution >= 0.6 is 0 Å². The second kappa shape index (κ2) is 8.09. The molecule has 0 saturated carbocycles. The molecule has 0 bridgehead atoms. The molecule has 1 aliphatic heterocycles. The molecule has 0 aromatic carbocycles. The highest BCUT2D eigenvalue weighted by Gasteiger charge is 2.29. The Kier molecular flexibility index (Phi) is 6.78. The standard InChI is InChI=1S/C14H26N2O4/c1-4-5-11(8-13(17)18)15-14(19)16-7-6-10(2)12(9-16)20-3/h10-12H,4-9H2,1-3H3,(H,15,19)(H,17,18). The largest absolute Gasteiger partial charge is 0.481 e. The fourth-order valence-corrected chi connectivity index (χ4v) is 2.58. The number of nitrogens with one attached hydrogen (secondary N) is 1. The highest BCUT2D eigenvalue weighted by molar-refractivity contribution is 5.76. The third-order valence-electron chi connectivity index (χ3n) is 3.87. The van der Waals surface area contributed by atoms with Gasteiger partial charge in [-0.3, -0.25) is 4.79 Å². The second-order valence-electron chi connectivity index (χ2n) is 5.52. The van der Waals surface area contributed by atoms with E-state index < -0.39 is 5.97 Å². The van der Waals surface area contributed by atoms with Gasteiger partial charge in [0.1, 0.15) is 0 Å². The molecule has 3 unspecified atom stereocenters. The average Bonchev–Trinajstić information content (AvgIpc) is 2.38. The van der Waals surface area contributed by atoms with Crippen LogP contribution in [-0.4, -0.2) is 54.4 Å². The number of carboxylic acid groups (broad SMARTS) is 1. The number of carbonyl (C=O) groups excluding carboxylic acids is 1. The summed E-state index contributed by atoms with van der Waals surface area (Å²) in [6.07, 6.45) is 2.45. The molecule has 6 heteroatoms. The lowest BCUT2D eigenvalue weighted by Crippen LogP contribution is -2.52. The molecule has 2 amide bonds. The number of rotatable bonds is 6. The van der Waals surface area contributed by atoms with Crippen molar-refractivity contribution < 1.29 is 19.4 Å². The van der Waals surface area contributed by atoms with Crippen LogP contribution in [-0.2, 0) is 9.53 Å². The molecular weight excluding hydrogens is 260 g/mol. The number of carbonyl (C=O) groups is 2. The topological polar surface area (TPSA) is 78.9 Å². The van der Waals surface area contributed by atoms with Crippen LogP contribution in [0.1, 0.15) is 39.5 Å². The predicted octanol–water partition coefficient (Wildman–Crippen LogP) is 1.70. The van der Waals surface area contributed by atoms with E-state index in [9.17, 15) is 9.59 Å². The van der Waals surface area contributed by atoms with E-state index in [1.165, 1.54) is 0 Å². The van der Waals surface area contributed by atoms with E-state index in [-0.39, 0.29) is 24.6 Å². The third-order valence-corrected chi connectivity index (χ3v) is 3.87. The van der Waals surface area contributed by atoms with Crippen LogP contribution in [0.2, 0.25) is 0 Å². The molecule has 6 nitrogen and oxygen atoms in total. The van der Waals surface area contributed by atoms with Crippen molar-refractivity contribution in [1.82, 2.24) is 10.2 Å². The first-order valence-corrected chi connectivity index (χ1v) is 7.27. The molecule has 0 spiro atoms. The number of amides is 2. The Morgan fingerprint density at radius 1 is 1.50 bits per heavy atom. The number of aliphatic carboxylic acids is 1. The van der Waals surface area contributed by atoms with E-state index in [1.54, 1.807) is 12.0 Å². The number of methoxy groups -OCH3 is 1. The molecule has 20 heavy (non-hydrogen) atoms. The van der Waals surface area contributed by atoms with Gasteiger partial charge < -0.3 is 20.1 Å². The first-order chi connectivity index (χ1) is 9.47. The van der Waals surface area contributed by atoms with Crippen molar-refractivity contribution in [2.75, 3.05) is 20.2 Å². The number of hydrogen-bond donors (Lipinski definition) is 2. The molecule has 0 aliphatic carbocycles. The van der Waals surface area contributed by atoms with Gasteiger partial charge in [-0.25, -0.2) is 4.79 Å². The van der Waals surface area contributed by atoms with E-state index >= 15 is 0 Å². The Hall–Kier alpha value is -1.30. The lowest BCUT2D eigenvalue weighted by Gasteiger charge is -2.36. The molecule has 1 rings (SSSR count). The number of hydrogen-bond acceptors (Lipinski definition) is 3. The fourth-order valence-electron chi connectivity index (χ4n) is 2.58. The summed E-state index contributed by atoms with van der Waals surface area (Å²) >= 11 is 0. The zero-order valence-electron chi connectivity index (χ0n) is 12.6. The van der Waals surface area contributed by atoms with Crippen molar-refractivity contribution in [2.45, 2.75) is 51.7 Å². The van der Waals surface area contributed by atoms with Crippen molar-refractivity contribution in [3.05, 3.63) is 0 Å². The lowest BCUT2D eigenvalue weighted by molar-refractivity contribution is -0.137. The van der Waals surface area contributed by atoms with E-state index in [0.29, 0.717) is 25.4 Å². The molecule has 0 radical (unpaired) electrons. The summed E-state index contributed by atoms with van der Waals surface area (Å²) in [5.74, 6) is -0.444. The van der Waals surface area contributed by atoms with Gasteiger partial charge in [-0.2, -0.15) is 0 Å². The number of piperidine rings is 1. The first-order valence-electron chi connectivity index (χ1n) is 7.27. The number of ether oxygens (including phenoxy) is 1. The number of nitrogens with zero attached hydrogens (tertiary/aromatic N) is 1. The van der Waals surface area contributed by atoms with Crippen LogP contribution in [0, 0.1) is 5.92 Å². The minimum atomic E-state index is -0.884. The molecule has 1 saturated heterocycles. The summed E-state index contributed by atoms with van der Waals surface area (Å²) in [4.78, 5) is 24.7. The molecule has 116 valence electrons. The Bertz CT molecular complexity index is 335. The molecule has 3 atom stereocenters. The van der Waals surface area contributed by atoms with E-state index in [4.69, 9.17) is 9.84 Å². The van der Waals surface area contributed by atoms with Crippen LogP contribution in [0.15, 0.2) is 0 Å². The van der Waals surface area contributed by atoms with Crippen LogP contribution in [0.25, 0.3) is 0 Å². The Morgan fingerprint density at radius 3 is 2.75 bits per heavy atom. The van der Waals surface area contributed by atoms with Crippen LogP contribution < -0.4 is 5.32 Å². The van der Waals surface area contributed by atoms with Gasteiger partial charge in [0.05, 0.1) is 12.5 Å². The maximum Gasteiger partial charge on any atom is 0.317 e. The van der Waals surface area contributed by atoms with E-state index in [2.05, 4.69) is 12.2 Å². The average molecular weight is 286 g/mol. The Morgan fingerprint density at radius 2 is 2.20 bits per heavy atom. The van der Waals surface area contributed by atoms with E-state index in [0.717, 1.165) is 12.8 Å². The monoisotopic (exact) mass is 286 g/mol. The van der Waals surface area contributed by atoms with Crippen LogP contribution in [0.5, 0.6) is 0 Å². The van der Waals surface area contributed by atoms with Crippen molar-refractivity contribution >= 4 is 12.0 Å². The van der Waals surface area contributed by atoms with Crippen molar-refractivity contribution in [3.63, 3.8) is 0 Å². The lowest BCUT2D eigenvalue weighted by atomic mass is 9.96. The first kappa shape index (κ1) is 16.8. The van der Waals surface area contributed by atoms with Crippen molar-refractivity contribution in [3.8, 4) is 0 Å². The van der Waals surface area contributed by atoms with Crippen molar-refractivity contribution in [2.24, 2.45) is 5.92 Å². The predicted molar refractivity (Wildman–Crippen MR) is 75.6 cm³/mol. The second-order valence-corrected chi connectivity index (χ2v) is 5.52. The van der Waals surface area contributed by atoms with Gasteiger partial charge in [0, 0.05) is 26.2 Å². The van der Waals surface area contributed by atoms with Gasteiger partial charge in [-0.15, -0.1) is 0 Å². The van der Waals surface area contributed by atoms with Gasteiger partial charge in [-0.1, -0.05) is 20.3 Å². The summed E-state index contributed by atoms with van der Waals surface area (Å²) in [6, 6.07) is -0.482. The SMILES string of the molecule is CCCC(CC(=O)O)NC(=O)N1CCC(C)C(OC)C1. The zero-order chi connectivity index (χ0) is 15.1. The third kappa shape index (κ3) is 5.00. The van der Waals surface area contributed by atoms with E-state index in [1.807, 2.05) is 6.92 Å². The summed E-state index contributed by atoms with van der Waals surface area (Å²) in [7, 11) is 1.66. The number of urea groups is 1. The minimum Gasteiger partial charge on any atom is -0.481 e. The summed E-state index contributed by atoms with van der Waals surface area (Å²) < 4.78 is 5.39. The molecule has 2 N–H and O–H groups in total. The van der Waals surface area contributed by atoms with Crippen LogP contribution in [0.3, 0.4) is 0 Å². The number of carboxylic acids is 1. The normalized spacial score (nSPS) is 24.2. The van der Waals surface area contributed by atoms with Gasteiger partial charge >= 0.3 is 12.0 Å². The minimum absolute atomic E-state index is 0.0302. The summed E-state index contributed by atoms with van der Waals surface area (Å²) in [6.45, 7) is 5.35. The summed E-state index contributed by atoms with van der Waals surface area (Å²) in [5.41, 5.74) is 0. The van der Waals surface area contributed by atoms with Gasteiger partial charge in [0.2, 0.25) is 0 Å². The molecule has 0 aromatic heterocycles. The van der Waals surface area contributed by atoms with Crippen molar-refractivity contribution in [1.29, 1.82) is 0 Å². The van der Waals surface area contributed by atoms with Crippen LogP contribution in [0.4, 0.5) is 4.79 Å².